The SMILES string of the molecule is Cc1ccc(-c2ccc(OCC(F)(F)F)c(N)c2)cn1. The summed E-state index contributed by atoms with van der Waals surface area (Å²) >= 11 is 0. The highest BCUT2D eigenvalue weighted by Crippen LogP contribution is 2.29. The minimum absolute atomic E-state index is 0.0196. The number of ether oxygens (including phenoxy) is 1. The van der Waals surface area contributed by atoms with Gasteiger partial charge in [0.05, 0.1) is 5.69 Å². The molecule has 2 aromatic rings. The van der Waals surface area contributed by atoms with Gasteiger partial charge in [-0.3, -0.25) is 4.98 Å². The van der Waals surface area contributed by atoms with Crippen LogP contribution >= 0.6 is 0 Å². The lowest BCUT2D eigenvalue weighted by Gasteiger charge is -2.12. The van der Waals surface area contributed by atoms with Crippen LogP contribution in [0.15, 0.2) is 36.5 Å². The molecule has 0 radical (unpaired) electrons. The minimum atomic E-state index is -4.38. The van der Waals surface area contributed by atoms with Crippen LogP contribution in [0.2, 0.25) is 0 Å². The van der Waals surface area contributed by atoms with Crippen molar-refractivity contribution in [2.24, 2.45) is 0 Å². The van der Waals surface area contributed by atoms with E-state index in [2.05, 4.69) is 9.72 Å². The van der Waals surface area contributed by atoms with Gasteiger partial charge in [-0.2, -0.15) is 13.2 Å². The molecule has 0 saturated carbocycles. The number of aryl methyl sites for hydroxylation is 1. The van der Waals surface area contributed by atoms with E-state index in [9.17, 15) is 13.2 Å². The average Bonchev–Trinajstić information content (AvgIpc) is 2.37. The maximum Gasteiger partial charge on any atom is 0.422 e. The van der Waals surface area contributed by atoms with E-state index in [1.165, 1.54) is 6.07 Å². The molecule has 0 amide bonds. The van der Waals surface area contributed by atoms with E-state index in [4.69, 9.17) is 5.73 Å². The Labute approximate surface area is 114 Å². The quantitative estimate of drug-likeness (QED) is 0.875. The third kappa shape index (κ3) is 3.63. The van der Waals surface area contributed by atoms with E-state index >= 15 is 0 Å². The van der Waals surface area contributed by atoms with Crippen molar-refractivity contribution in [3.8, 4) is 16.9 Å². The summed E-state index contributed by atoms with van der Waals surface area (Å²) in [5, 5.41) is 0. The summed E-state index contributed by atoms with van der Waals surface area (Å²) in [6, 6.07) is 8.36. The van der Waals surface area contributed by atoms with Crippen LogP contribution in [0.5, 0.6) is 5.75 Å². The summed E-state index contributed by atoms with van der Waals surface area (Å²) in [4.78, 5) is 4.16. The molecule has 0 spiro atoms. The molecule has 2 N–H and O–H groups in total. The maximum absolute atomic E-state index is 12.1. The van der Waals surface area contributed by atoms with Crippen molar-refractivity contribution in [1.82, 2.24) is 4.98 Å². The zero-order valence-corrected chi connectivity index (χ0v) is 10.7. The van der Waals surface area contributed by atoms with Crippen LogP contribution in [0.1, 0.15) is 5.69 Å². The third-order valence-electron chi connectivity index (χ3n) is 2.65. The summed E-state index contributed by atoms with van der Waals surface area (Å²) in [7, 11) is 0. The van der Waals surface area contributed by atoms with Crippen molar-refractivity contribution in [2.75, 3.05) is 12.3 Å². The van der Waals surface area contributed by atoms with Gasteiger partial charge < -0.3 is 10.5 Å². The standard InChI is InChI=1S/C14H13F3N2O/c1-9-2-3-11(7-19-9)10-4-5-13(12(18)6-10)20-8-14(15,16)17/h2-7H,8,18H2,1H3. The molecule has 1 heterocycles. The van der Waals surface area contributed by atoms with Crippen LogP contribution in [0, 0.1) is 6.92 Å². The molecule has 0 fully saturated rings. The second-order valence-corrected chi connectivity index (χ2v) is 4.34. The van der Waals surface area contributed by atoms with Crippen LogP contribution in [0.25, 0.3) is 11.1 Å². The predicted octanol–water partition coefficient (Wildman–Crippen LogP) is 3.58. The molecule has 6 heteroatoms. The van der Waals surface area contributed by atoms with E-state index in [0.29, 0.717) is 0 Å². The molecule has 0 bridgehead atoms. The molecule has 0 aliphatic carbocycles. The average molecular weight is 282 g/mol. The first-order valence-corrected chi connectivity index (χ1v) is 5.87. The largest absolute Gasteiger partial charge is 0.482 e. The van der Waals surface area contributed by atoms with Gasteiger partial charge in [-0.15, -0.1) is 0 Å². The number of hydrogen-bond acceptors (Lipinski definition) is 3. The van der Waals surface area contributed by atoms with Crippen molar-refractivity contribution in [2.45, 2.75) is 13.1 Å². The molecule has 0 saturated heterocycles. The lowest BCUT2D eigenvalue weighted by Crippen LogP contribution is -2.19. The Kier molecular flexibility index (Phi) is 3.83. The summed E-state index contributed by atoms with van der Waals surface area (Å²) in [6.07, 6.45) is -2.70. The first kappa shape index (κ1) is 14.2. The van der Waals surface area contributed by atoms with E-state index < -0.39 is 12.8 Å². The van der Waals surface area contributed by atoms with Crippen molar-refractivity contribution < 1.29 is 17.9 Å². The molecule has 0 atom stereocenters. The summed E-state index contributed by atoms with van der Waals surface area (Å²) in [5.41, 5.74) is 8.36. The topological polar surface area (TPSA) is 48.1 Å². The van der Waals surface area contributed by atoms with E-state index in [0.717, 1.165) is 16.8 Å². The van der Waals surface area contributed by atoms with E-state index in [1.54, 1.807) is 18.3 Å². The van der Waals surface area contributed by atoms with Crippen LogP contribution in [0.4, 0.5) is 18.9 Å². The van der Waals surface area contributed by atoms with E-state index in [1.807, 2.05) is 19.1 Å². The highest BCUT2D eigenvalue weighted by molar-refractivity contribution is 5.70. The molecule has 2 rings (SSSR count). The Balaban J connectivity index is 2.19. The molecule has 106 valence electrons. The normalized spacial score (nSPS) is 11.4. The molecule has 3 nitrogen and oxygen atoms in total. The molecule has 0 unspecified atom stereocenters. The smallest absolute Gasteiger partial charge is 0.422 e. The van der Waals surface area contributed by atoms with Gasteiger partial charge in [0.25, 0.3) is 0 Å². The molecule has 20 heavy (non-hydrogen) atoms. The number of alkyl halides is 3. The monoisotopic (exact) mass is 282 g/mol. The number of benzene rings is 1. The first-order valence-electron chi connectivity index (χ1n) is 5.87. The molecular weight excluding hydrogens is 269 g/mol. The number of pyridine rings is 1. The molecule has 0 aliphatic heterocycles. The van der Waals surface area contributed by atoms with Crippen molar-refractivity contribution >= 4 is 5.69 Å². The zero-order chi connectivity index (χ0) is 14.8. The highest BCUT2D eigenvalue weighted by Gasteiger charge is 2.28. The van der Waals surface area contributed by atoms with Crippen molar-refractivity contribution in [3.63, 3.8) is 0 Å². The van der Waals surface area contributed by atoms with Gasteiger partial charge in [0.15, 0.2) is 6.61 Å². The second-order valence-electron chi connectivity index (χ2n) is 4.34. The van der Waals surface area contributed by atoms with Gasteiger partial charge in [-0.05, 0) is 30.7 Å². The fraction of sp³-hybridized carbons (Fsp3) is 0.214. The third-order valence-corrected chi connectivity index (χ3v) is 2.65. The van der Waals surface area contributed by atoms with Crippen LogP contribution in [-0.2, 0) is 0 Å². The van der Waals surface area contributed by atoms with Gasteiger partial charge >= 0.3 is 6.18 Å². The predicted molar refractivity (Wildman–Crippen MR) is 70.4 cm³/mol. The van der Waals surface area contributed by atoms with Gasteiger partial charge in [0, 0.05) is 17.5 Å². The number of nitrogen functional groups attached to an aromatic ring is 1. The van der Waals surface area contributed by atoms with Crippen LogP contribution in [-0.4, -0.2) is 17.8 Å². The number of hydrogen-bond donors (Lipinski definition) is 1. The Hall–Kier alpha value is -2.24. The molecule has 1 aromatic heterocycles. The van der Waals surface area contributed by atoms with Crippen molar-refractivity contribution in [1.29, 1.82) is 0 Å². The molecule has 1 aromatic carbocycles. The van der Waals surface area contributed by atoms with Gasteiger partial charge in [-0.25, -0.2) is 0 Å². The number of rotatable bonds is 3. The molecular formula is C14H13F3N2O. The van der Waals surface area contributed by atoms with Gasteiger partial charge in [-0.1, -0.05) is 12.1 Å². The number of aromatic nitrogens is 1. The fourth-order valence-corrected chi connectivity index (χ4v) is 1.66. The highest BCUT2D eigenvalue weighted by atomic mass is 19.4. The number of nitrogens with two attached hydrogens (primary N) is 1. The number of halogens is 3. The fourth-order valence-electron chi connectivity index (χ4n) is 1.66. The van der Waals surface area contributed by atoms with Gasteiger partial charge in [0.1, 0.15) is 5.75 Å². The van der Waals surface area contributed by atoms with Gasteiger partial charge in [0.2, 0.25) is 0 Å². The summed E-state index contributed by atoms with van der Waals surface area (Å²) in [5.74, 6) is 0.0196. The molecule has 0 aliphatic rings. The Bertz CT molecular complexity index is 594. The Morgan fingerprint density at radius 3 is 2.40 bits per heavy atom. The number of nitrogens with zero attached hydrogens (tertiary/aromatic N) is 1. The van der Waals surface area contributed by atoms with Crippen LogP contribution in [0.3, 0.4) is 0 Å². The van der Waals surface area contributed by atoms with Crippen LogP contribution < -0.4 is 10.5 Å². The first-order chi connectivity index (χ1) is 9.35. The van der Waals surface area contributed by atoms with Crippen molar-refractivity contribution in [3.05, 3.63) is 42.2 Å². The summed E-state index contributed by atoms with van der Waals surface area (Å²) in [6.45, 7) is 0.509. The second kappa shape index (κ2) is 5.40. The lowest BCUT2D eigenvalue weighted by molar-refractivity contribution is -0.153. The Morgan fingerprint density at radius 2 is 1.85 bits per heavy atom. The zero-order valence-electron chi connectivity index (χ0n) is 10.7. The number of anilines is 1. The minimum Gasteiger partial charge on any atom is -0.482 e. The Morgan fingerprint density at radius 1 is 1.15 bits per heavy atom. The maximum atomic E-state index is 12.1. The summed E-state index contributed by atoms with van der Waals surface area (Å²) < 4.78 is 40.9. The lowest BCUT2D eigenvalue weighted by atomic mass is 10.1. The van der Waals surface area contributed by atoms with E-state index in [-0.39, 0.29) is 11.4 Å².